The van der Waals surface area contributed by atoms with E-state index in [1.54, 1.807) is 5.38 Å². The van der Waals surface area contributed by atoms with Crippen LogP contribution in [0.4, 0.5) is 10.1 Å². The molecule has 3 aromatic rings. The molecule has 1 aliphatic heterocycles. The molecule has 0 bridgehead atoms. The summed E-state index contributed by atoms with van der Waals surface area (Å²) < 4.78 is 24.2. The number of benzene rings is 2. The Morgan fingerprint density at radius 1 is 1.10 bits per heavy atom. The van der Waals surface area contributed by atoms with Gasteiger partial charge in [0, 0.05) is 17.6 Å². The monoisotopic (exact) mass is 459 g/mol. The van der Waals surface area contributed by atoms with E-state index < -0.39 is 0 Å². The maximum absolute atomic E-state index is 12.9. The summed E-state index contributed by atoms with van der Waals surface area (Å²) in [6, 6.07) is 11.1. The zero-order valence-electron chi connectivity index (χ0n) is 16.2. The van der Waals surface area contributed by atoms with Gasteiger partial charge in [0.15, 0.2) is 15.8 Å². The van der Waals surface area contributed by atoms with Crippen molar-refractivity contribution in [2.45, 2.75) is 17.3 Å². The lowest BCUT2D eigenvalue weighted by Gasteiger charge is -2.05. The topological polar surface area (TPSA) is 89.6 Å². The van der Waals surface area contributed by atoms with Gasteiger partial charge in [0.25, 0.3) is 0 Å². The molecule has 0 saturated heterocycles. The molecule has 160 valence electrons. The van der Waals surface area contributed by atoms with Crippen LogP contribution in [0.3, 0.4) is 0 Å². The fraction of sp³-hybridized carbons (Fsp3) is 0.190. The van der Waals surface area contributed by atoms with Crippen molar-refractivity contribution in [3.8, 4) is 11.5 Å². The van der Waals surface area contributed by atoms with E-state index in [1.807, 2.05) is 18.2 Å². The van der Waals surface area contributed by atoms with Crippen LogP contribution in [-0.2, 0) is 22.6 Å². The molecule has 10 heteroatoms. The quantitative estimate of drug-likeness (QED) is 0.501. The van der Waals surface area contributed by atoms with Crippen molar-refractivity contribution in [2.75, 3.05) is 17.9 Å². The highest BCUT2D eigenvalue weighted by molar-refractivity contribution is 8.01. The number of thioether (sulfide) groups is 1. The number of nitrogens with one attached hydrogen (secondary N) is 2. The number of thiazole rings is 1. The minimum atomic E-state index is -0.359. The van der Waals surface area contributed by atoms with E-state index in [1.165, 1.54) is 47.4 Å². The van der Waals surface area contributed by atoms with E-state index in [9.17, 15) is 14.0 Å². The standard InChI is InChI=1S/C21H18FN3O4S2/c22-14-2-4-15(5-3-14)24-20(27)11-31-21-25-16(10-30-21)8-19(26)23-9-13-1-6-17-18(7-13)29-12-28-17/h1-7,10H,8-9,11-12H2,(H,23,26)(H,24,27). The summed E-state index contributed by atoms with van der Waals surface area (Å²) in [5.74, 6) is 0.831. The Morgan fingerprint density at radius 3 is 2.74 bits per heavy atom. The van der Waals surface area contributed by atoms with Crippen LogP contribution in [0.25, 0.3) is 0 Å². The second kappa shape index (κ2) is 9.80. The summed E-state index contributed by atoms with van der Waals surface area (Å²) in [7, 11) is 0. The number of carbonyl (C=O) groups excluding carboxylic acids is 2. The Hall–Kier alpha value is -3.11. The highest BCUT2D eigenvalue weighted by Gasteiger charge is 2.14. The molecule has 0 fully saturated rings. The summed E-state index contributed by atoms with van der Waals surface area (Å²) in [5.41, 5.74) is 2.10. The van der Waals surface area contributed by atoms with Crippen molar-refractivity contribution in [3.63, 3.8) is 0 Å². The lowest BCUT2D eigenvalue weighted by molar-refractivity contribution is -0.120. The Labute approximate surface area is 186 Å². The largest absolute Gasteiger partial charge is 0.454 e. The number of halogens is 1. The Bertz CT molecular complexity index is 1090. The van der Waals surface area contributed by atoms with Crippen LogP contribution in [0.5, 0.6) is 11.5 Å². The van der Waals surface area contributed by atoms with Crippen LogP contribution in [-0.4, -0.2) is 29.3 Å². The van der Waals surface area contributed by atoms with Crippen molar-refractivity contribution < 1.29 is 23.5 Å². The molecule has 1 aliphatic rings. The van der Waals surface area contributed by atoms with Crippen LogP contribution >= 0.6 is 23.1 Å². The number of aromatic nitrogens is 1. The van der Waals surface area contributed by atoms with E-state index in [0.29, 0.717) is 33.8 Å². The van der Waals surface area contributed by atoms with E-state index >= 15 is 0 Å². The Morgan fingerprint density at radius 2 is 1.90 bits per heavy atom. The molecular weight excluding hydrogens is 441 g/mol. The molecule has 31 heavy (non-hydrogen) atoms. The van der Waals surface area contributed by atoms with Crippen molar-refractivity contribution in [1.29, 1.82) is 0 Å². The summed E-state index contributed by atoms with van der Waals surface area (Å²) in [5, 5.41) is 7.36. The molecule has 7 nitrogen and oxygen atoms in total. The molecule has 0 aliphatic carbocycles. The average Bonchev–Trinajstić information content (AvgIpc) is 3.41. The Kier molecular flexibility index (Phi) is 6.68. The molecule has 4 rings (SSSR count). The van der Waals surface area contributed by atoms with Crippen molar-refractivity contribution in [3.05, 3.63) is 64.9 Å². The highest BCUT2D eigenvalue weighted by Crippen LogP contribution is 2.32. The SMILES string of the molecule is O=C(Cc1csc(SCC(=O)Nc2ccc(F)cc2)n1)NCc1ccc2c(c1)OCO2. The fourth-order valence-corrected chi connectivity index (χ4v) is 4.42. The number of rotatable bonds is 8. The van der Waals surface area contributed by atoms with Crippen LogP contribution in [0, 0.1) is 5.82 Å². The summed E-state index contributed by atoms with van der Waals surface area (Å²) in [4.78, 5) is 28.6. The van der Waals surface area contributed by atoms with Crippen molar-refractivity contribution >= 4 is 40.6 Å². The van der Waals surface area contributed by atoms with Gasteiger partial charge >= 0.3 is 0 Å². The molecule has 0 atom stereocenters. The first-order valence-electron chi connectivity index (χ1n) is 9.33. The third-order valence-corrected chi connectivity index (χ3v) is 6.32. The fourth-order valence-electron chi connectivity index (χ4n) is 2.77. The number of hydrogen-bond donors (Lipinski definition) is 2. The van der Waals surface area contributed by atoms with E-state index in [0.717, 1.165) is 5.56 Å². The molecule has 0 spiro atoms. The molecule has 2 aromatic carbocycles. The van der Waals surface area contributed by atoms with Gasteiger partial charge in [0.2, 0.25) is 18.6 Å². The van der Waals surface area contributed by atoms with E-state index in [4.69, 9.17) is 9.47 Å². The van der Waals surface area contributed by atoms with Gasteiger partial charge in [-0.15, -0.1) is 11.3 Å². The van der Waals surface area contributed by atoms with Gasteiger partial charge in [-0.3, -0.25) is 9.59 Å². The predicted octanol–water partition coefficient (Wildman–Crippen LogP) is 3.60. The molecule has 2 heterocycles. The lowest BCUT2D eigenvalue weighted by Crippen LogP contribution is -2.24. The average molecular weight is 460 g/mol. The normalized spacial score (nSPS) is 11.9. The first kappa shape index (κ1) is 21.1. The van der Waals surface area contributed by atoms with Crippen LogP contribution in [0.1, 0.15) is 11.3 Å². The van der Waals surface area contributed by atoms with Gasteiger partial charge in [-0.05, 0) is 42.0 Å². The van der Waals surface area contributed by atoms with Gasteiger partial charge in [0.1, 0.15) is 5.82 Å². The zero-order valence-corrected chi connectivity index (χ0v) is 17.9. The second-order valence-electron chi connectivity index (χ2n) is 6.59. The number of carbonyl (C=O) groups is 2. The van der Waals surface area contributed by atoms with Gasteiger partial charge in [-0.25, -0.2) is 9.37 Å². The van der Waals surface area contributed by atoms with Crippen LogP contribution in [0.15, 0.2) is 52.2 Å². The smallest absolute Gasteiger partial charge is 0.234 e. The molecule has 0 radical (unpaired) electrons. The molecule has 0 saturated carbocycles. The molecule has 1 aromatic heterocycles. The first-order chi connectivity index (χ1) is 15.0. The number of nitrogens with zero attached hydrogens (tertiary/aromatic N) is 1. The van der Waals surface area contributed by atoms with Gasteiger partial charge in [-0.2, -0.15) is 0 Å². The third-order valence-electron chi connectivity index (χ3n) is 4.25. The molecule has 0 unspecified atom stereocenters. The maximum Gasteiger partial charge on any atom is 0.234 e. The first-order valence-corrected chi connectivity index (χ1v) is 11.2. The maximum atomic E-state index is 12.9. The molecule has 2 amide bonds. The summed E-state index contributed by atoms with van der Waals surface area (Å²) in [6.45, 7) is 0.591. The highest BCUT2D eigenvalue weighted by atomic mass is 32.2. The minimum absolute atomic E-state index is 0.145. The zero-order chi connectivity index (χ0) is 21.6. The summed E-state index contributed by atoms with van der Waals surface area (Å²) >= 11 is 2.67. The number of ether oxygens (including phenoxy) is 2. The van der Waals surface area contributed by atoms with Gasteiger partial charge < -0.3 is 20.1 Å². The van der Waals surface area contributed by atoms with E-state index in [2.05, 4.69) is 15.6 Å². The second-order valence-corrected chi connectivity index (χ2v) is 8.67. The Balaban J connectivity index is 1.20. The van der Waals surface area contributed by atoms with Crippen molar-refractivity contribution in [1.82, 2.24) is 10.3 Å². The minimum Gasteiger partial charge on any atom is -0.454 e. The lowest BCUT2D eigenvalue weighted by atomic mass is 10.2. The number of amides is 2. The molecule has 2 N–H and O–H groups in total. The predicted molar refractivity (Wildman–Crippen MR) is 116 cm³/mol. The van der Waals surface area contributed by atoms with Gasteiger partial charge in [-0.1, -0.05) is 17.8 Å². The number of hydrogen-bond acceptors (Lipinski definition) is 7. The van der Waals surface area contributed by atoms with E-state index in [-0.39, 0.29) is 36.6 Å². The number of fused-ring (bicyclic) bond motifs is 1. The van der Waals surface area contributed by atoms with Crippen molar-refractivity contribution in [2.24, 2.45) is 0 Å². The van der Waals surface area contributed by atoms with Crippen LogP contribution in [0.2, 0.25) is 0 Å². The van der Waals surface area contributed by atoms with Gasteiger partial charge in [0.05, 0.1) is 17.9 Å². The molecular formula is C21H18FN3O4S2. The number of anilines is 1. The third kappa shape index (κ3) is 5.96. The summed E-state index contributed by atoms with van der Waals surface area (Å²) in [6.07, 6.45) is 0.156. The van der Waals surface area contributed by atoms with Crippen LogP contribution < -0.4 is 20.1 Å².